The molecule has 0 bridgehead atoms. The van der Waals surface area contributed by atoms with Gasteiger partial charge in [0.05, 0.1) is 13.0 Å². The Balaban J connectivity index is 2.01. The fourth-order valence-corrected chi connectivity index (χ4v) is 3.08. The second-order valence-electron chi connectivity index (χ2n) is 5.28. The number of phenols is 1. The molecule has 1 saturated carbocycles. The maximum absolute atomic E-state index is 11.7. The Bertz CT molecular complexity index is 453. The molecule has 0 heterocycles. The molecule has 0 radical (unpaired) electrons. The number of esters is 1. The maximum atomic E-state index is 11.7. The number of hydrogen-bond donors (Lipinski definition) is 1. The number of carbonyl (C=O) groups excluding carboxylic acids is 1. The summed E-state index contributed by atoms with van der Waals surface area (Å²) in [5, 5.41) is 10.4. The van der Waals surface area contributed by atoms with Gasteiger partial charge in [-0.2, -0.15) is 0 Å². The van der Waals surface area contributed by atoms with Crippen molar-refractivity contribution in [2.24, 2.45) is 0 Å². The van der Waals surface area contributed by atoms with E-state index in [1.54, 1.807) is 0 Å². The number of aromatic hydroxyl groups is 1. The Labute approximate surface area is 133 Å². The molecule has 1 aromatic rings. The zero-order valence-corrected chi connectivity index (χ0v) is 13.8. The Kier molecular flexibility index (Phi) is 6.13. The zero-order chi connectivity index (χ0) is 14.4. The number of benzene rings is 1. The minimum atomic E-state index is -0.256. The average molecular weight is 388 g/mol. The first-order valence-corrected chi connectivity index (χ1v) is 8.77. The van der Waals surface area contributed by atoms with Crippen molar-refractivity contribution >= 4 is 28.6 Å². The van der Waals surface area contributed by atoms with E-state index in [9.17, 15) is 9.90 Å². The number of rotatable bonds is 6. The van der Waals surface area contributed by atoms with Crippen molar-refractivity contribution in [2.45, 2.75) is 44.4 Å². The molecule has 0 saturated heterocycles. The fourth-order valence-electron chi connectivity index (χ4n) is 2.77. The zero-order valence-electron chi connectivity index (χ0n) is 11.6. The molecule has 1 fully saturated rings. The number of phenolic OH excluding ortho intramolecular Hbond substituents is 1. The Hall–Kier alpha value is -0.780. The first-order chi connectivity index (χ1) is 9.72. The van der Waals surface area contributed by atoms with E-state index in [1.165, 1.54) is 12.8 Å². The minimum Gasteiger partial charge on any atom is -0.507 e. The minimum absolute atomic E-state index is 0.160. The van der Waals surface area contributed by atoms with E-state index in [2.05, 4.69) is 22.6 Å². The van der Waals surface area contributed by atoms with Crippen LogP contribution in [0.25, 0.3) is 0 Å². The predicted octanol–water partition coefficient (Wildman–Crippen LogP) is 3.96. The molecule has 20 heavy (non-hydrogen) atoms. The summed E-state index contributed by atoms with van der Waals surface area (Å²) in [5.41, 5.74) is 1.69. The third kappa shape index (κ3) is 4.11. The van der Waals surface area contributed by atoms with Crippen LogP contribution < -0.4 is 0 Å². The second-order valence-corrected chi connectivity index (χ2v) is 6.35. The molecule has 1 aliphatic rings. The van der Waals surface area contributed by atoms with Crippen LogP contribution in [0, 0.1) is 0 Å². The lowest BCUT2D eigenvalue weighted by molar-refractivity contribution is -0.142. The average Bonchev–Trinajstić information content (AvgIpc) is 2.95. The van der Waals surface area contributed by atoms with Gasteiger partial charge in [-0.05, 0) is 30.7 Å². The van der Waals surface area contributed by atoms with Crippen molar-refractivity contribution in [1.82, 2.24) is 0 Å². The molecule has 0 aliphatic heterocycles. The van der Waals surface area contributed by atoms with E-state index >= 15 is 0 Å². The van der Waals surface area contributed by atoms with Crippen LogP contribution in [-0.4, -0.2) is 22.1 Å². The van der Waals surface area contributed by atoms with Crippen LogP contribution in [0.15, 0.2) is 18.2 Å². The quantitative estimate of drug-likeness (QED) is 0.347. The van der Waals surface area contributed by atoms with E-state index < -0.39 is 0 Å². The highest BCUT2D eigenvalue weighted by molar-refractivity contribution is 14.1. The van der Waals surface area contributed by atoms with Crippen LogP contribution in [0.1, 0.15) is 49.1 Å². The lowest BCUT2D eigenvalue weighted by Gasteiger charge is -2.14. The first-order valence-electron chi connectivity index (χ1n) is 7.24. The van der Waals surface area contributed by atoms with Gasteiger partial charge in [-0.15, -0.1) is 0 Å². The van der Waals surface area contributed by atoms with E-state index in [0.717, 1.165) is 29.3 Å². The molecule has 4 heteroatoms. The van der Waals surface area contributed by atoms with Crippen LogP contribution in [-0.2, 0) is 16.0 Å². The summed E-state index contributed by atoms with van der Waals surface area (Å²) in [7, 11) is 0. The van der Waals surface area contributed by atoms with Crippen LogP contribution >= 0.6 is 22.6 Å². The Morgan fingerprint density at radius 1 is 1.35 bits per heavy atom. The number of para-hydroxylation sites is 1. The van der Waals surface area contributed by atoms with Gasteiger partial charge in [0.25, 0.3) is 0 Å². The summed E-state index contributed by atoms with van der Waals surface area (Å²) in [5.74, 6) is 0.490. The third-order valence-electron chi connectivity index (χ3n) is 3.82. The van der Waals surface area contributed by atoms with Gasteiger partial charge in [0.2, 0.25) is 0 Å². The van der Waals surface area contributed by atoms with Gasteiger partial charge in [0.1, 0.15) is 5.75 Å². The monoisotopic (exact) mass is 388 g/mol. The SMILES string of the molecule is O=C(Cc1cccc(C2CCCC2)c1O)OCCCI. The summed E-state index contributed by atoms with van der Waals surface area (Å²) >= 11 is 2.26. The van der Waals surface area contributed by atoms with Gasteiger partial charge >= 0.3 is 5.97 Å². The third-order valence-corrected chi connectivity index (χ3v) is 4.58. The number of hydrogen-bond acceptors (Lipinski definition) is 3. The van der Waals surface area contributed by atoms with Crippen molar-refractivity contribution in [2.75, 3.05) is 11.0 Å². The highest BCUT2D eigenvalue weighted by Crippen LogP contribution is 2.39. The van der Waals surface area contributed by atoms with E-state index in [0.29, 0.717) is 23.8 Å². The number of alkyl halides is 1. The molecule has 0 atom stereocenters. The number of carbonyl (C=O) groups is 1. The molecule has 1 N–H and O–H groups in total. The Morgan fingerprint density at radius 3 is 2.80 bits per heavy atom. The molecular formula is C16H21IO3. The van der Waals surface area contributed by atoms with Crippen LogP contribution in [0.3, 0.4) is 0 Å². The number of ether oxygens (including phenoxy) is 1. The standard InChI is InChI=1S/C16H21IO3/c17-9-4-10-20-15(18)11-13-7-3-8-14(16(13)19)12-5-1-2-6-12/h3,7-8,12,19H,1-2,4-6,9-11H2. The molecule has 110 valence electrons. The van der Waals surface area contributed by atoms with E-state index in [4.69, 9.17) is 4.74 Å². The molecule has 1 aliphatic carbocycles. The van der Waals surface area contributed by atoms with Gasteiger partial charge in [-0.3, -0.25) is 4.79 Å². The molecule has 3 nitrogen and oxygen atoms in total. The highest BCUT2D eigenvalue weighted by atomic mass is 127. The summed E-state index contributed by atoms with van der Waals surface area (Å²) in [6.45, 7) is 0.463. The predicted molar refractivity (Wildman–Crippen MR) is 87.5 cm³/mol. The van der Waals surface area contributed by atoms with Gasteiger partial charge < -0.3 is 9.84 Å². The summed E-state index contributed by atoms with van der Waals surface area (Å²) in [6.07, 6.45) is 5.77. The molecule has 1 aromatic carbocycles. The molecule has 0 amide bonds. The normalized spacial score (nSPS) is 15.4. The van der Waals surface area contributed by atoms with E-state index in [1.807, 2.05) is 18.2 Å². The molecule has 0 aromatic heterocycles. The van der Waals surface area contributed by atoms with Gasteiger partial charge in [0.15, 0.2) is 0 Å². The largest absolute Gasteiger partial charge is 0.507 e. The van der Waals surface area contributed by atoms with Crippen molar-refractivity contribution in [1.29, 1.82) is 0 Å². The highest BCUT2D eigenvalue weighted by Gasteiger charge is 2.21. The number of halogens is 1. The molecule has 0 spiro atoms. The van der Waals surface area contributed by atoms with Crippen molar-refractivity contribution in [3.8, 4) is 5.75 Å². The van der Waals surface area contributed by atoms with Crippen molar-refractivity contribution < 1.29 is 14.6 Å². The van der Waals surface area contributed by atoms with Crippen LogP contribution in [0.2, 0.25) is 0 Å². The van der Waals surface area contributed by atoms with Gasteiger partial charge in [-0.1, -0.05) is 53.6 Å². The van der Waals surface area contributed by atoms with Gasteiger partial charge in [0, 0.05) is 9.99 Å². The maximum Gasteiger partial charge on any atom is 0.310 e. The van der Waals surface area contributed by atoms with E-state index in [-0.39, 0.29) is 12.4 Å². The Morgan fingerprint density at radius 2 is 2.10 bits per heavy atom. The molecular weight excluding hydrogens is 367 g/mol. The fraction of sp³-hybridized carbons (Fsp3) is 0.562. The summed E-state index contributed by atoms with van der Waals surface area (Å²) < 4.78 is 6.13. The topological polar surface area (TPSA) is 46.5 Å². The lowest BCUT2D eigenvalue weighted by Crippen LogP contribution is -2.10. The first kappa shape index (κ1) is 15.6. The lowest BCUT2D eigenvalue weighted by atomic mass is 9.94. The van der Waals surface area contributed by atoms with Crippen molar-refractivity contribution in [3.05, 3.63) is 29.3 Å². The van der Waals surface area contributed by atoms with Gasteiger partial charge in [-0.25, -0.2) is 0 Å². The molecule has 2 rings (SSSR count). The van der Waals surface area contributed by atoms with Crippen LogP contribution in [0.4, 0.5) is 0 Å². The van der Waals surface area contributed by atoms with Crippen LogP contribution in [0.5, 0.6) is 5.75 Å². The second kappa shape index (κ2) is 7.86. The smallest absolute Gasteiger partial charge is 0.310 e. The summed E-state index contributed by atoms with van der Waals surface area (Å²) in [6, 6.07) is 5.73. The van der Waals surface area contributed by atoms with Crippen molar-refractivity contribution in [3.63, 3.8) is 0 Å². The summed E-state index contributed by atoms with van der Waals surface area (Å²) in [4.78, 5) is 11.7. The molecule has 0 unspecified atom stereocenters.